The van der Waals surface area contributed by atoms with Crippen LogP contribution in [0.5, 0.6) is 0 Å². The van der Waals surface area contributed by atoms with Gasteiger partial charge in [-0.15, -0.1) is 0 Å². The fourth-order valence-electron chi connectivity index (χ4n) is 3.63. The van der Waals surface area contributed by atoms with Crippen molar-refractivity contribution in [2.75, 3.05) is 7.05 Å². The minimum Gasteiger partial charge on any atom is -0.633 e. The largest absolute Gasteiger partial charge is 0.633 e. The van der Waals surface area contributed by atoms with Crippen molar-refractivity contribution in [1.82, 2.24) is 0 Å². The zero-order valence-electron chi connectivity index (χ0n) is 12.3. The summed E-state index contributed by atoms with van der Waals surface area (Å²) in [6.45, 7) is 3.83. The van der Waals surface area contributed by atoms with Gasteiger partial charge in [0.25, 0.3) is 0 Å². The van der Waals surface area contributed by atoms with Crippen LogP contribution in [-0.4, -0.2) is 35.9 Å². The van der Waals surface area contributed by atoms with Crippen LogP contribution in [0.4, 0.5) is 0 Å². The molecule has 0 N–H and O–H groups in total. The quantitative estimate of drug-likeness (QED) is 0.372. The Morgan fingerprint density at radius 1 is 1.24 bits per heavy atom. The molecule has 2 saturated heterocycles. The molecule has 1 aromatic rings. The molecular formula is C17H21NO3. The van der Waals surface area contributed by atoms with Crippen molar-refractivity contribution < 1.29 is 14.2 Å². The van der Waals surface area contributed by atoms with Crippen molar-refractivity contribution in [3.63, 3.8) is 0 Å². The fourth-order valence-corrected chi connectivity index (χ4v) is 3.63. The van der Waals surface area contributed by atoms with Crippen LogP contribution in [0.1, 0.15) is 31.2 Å². The number of rotatable bonds is 3. The molecule has 2 aliphatic heterocycles. The third-order valence-electron chi connectivity index (χ3n) is 5.00. The predicted molar refractivity (Wildman–Crippen MR) is 81.0 cm³/mol. The molecule has 0 aliphatic carbocycles. The maximum Gasteiger partial charge on any atom is 0.338 e. The van der Waals surface area contributed by atoms with Gasteiger partial charge >= 0.3 is 5.97 Å². The minimum absolute atomic E-state index is 0.0755. The van der Waals surface area contributed by atoms with E-state index in [9.17, 15) is 10.0 Å². The molecule has 0 spiro atoms. The van der Waals surface area contributed by atoms with E-state index >= 15 is 0 Å². The number of hydrogen-bond donors (Lipinski definition) is 0. The van der Waals surface area contributed by atoms with E-state index in [1.165, 1.54) is 0 Å². The molecule has 2 aliphatic rings. The third-order valence-corrected chi connectivity index (χ3v) is 5.00. The van der Waals surface area contributed by atoms with E-state index in [1.807, 2.05) is 30.3 Å². The lowest BCUT2D eigenvalue weighted by atomic mass is 9.99. The van der Waals surface area contributed by atoms with Gasteiger partial charge in [-0.3, -0.25) is 0 Å². The second-order valence-corrected chi connectivity index (χ2v) is 6.29. The van der Waals surface area contributed by atoms with Gasteiger partial charge in [0.1, 0.15) is 6.10 Å². The average Bonchev–Trinajstić information content (AvgIpc) is 2.67. The number of hydrogen-bond acceptors (Lipinski definition) is 3. The molecule has 0 amide bonds. The summed E-state index contributed by atoms with van der Waals surface area (Å²) < 4.78 is 5.44. The summed E-state index contributed by atoms with van der Waals surface area (Å²) in [6.07, 6.45) is 3.08. The van der Waals surface area contributed by atoms with Gasteiger partial charge in [0.15, 0.2) is 0 Å². The van der Waals surface area contributed by atoms with Crippen LogP contribution in [0.3, 0.4) is 0 Å². The van der Waals surface area contributed by atoms with Gasteiger partial charge in [-0.2, -0.15) is 0 Å². The molecule has 0 unspecified atom stereocenters. The number of carbonyl (C=O) groups is 1. The molecule has 4 nitrogen and oxygen atoms in total. The van der Waals surface area contributed by atoms with Gasteiger partial charge in [-0.25, -0.2) is 4.79 Å². The van der Waals surface area contributed by atoms with Crippen molar-refractivity contribution in [3.05, 3.63) is 47.7 Å². The molecule has 2 fully saturated rings. The molecule has 112 valence electrons. The predicted octanol–water partition coefficient (Wildman–Crippen LogP) is 2.88. The van der Waals surface area contributed by atoms with Crippen LogP contribution in [0.15, 0.2) is 36.9 Å². The van der Waals surface area contributed by atoms with Gasteiger partial charge in [0.05, 0.1) is 24.7 Å². The Hall–Kier alpha value is -1.65. The Bertz CT molecular complexity index is 536. The molecule has 0 aromatic heterocycles. The Kier molecular flexibility index (Phi) is 3.59. The number of fused-ring (bicyclic) bond motifs is 2. The van der Waals surface area contributed by atoms with E-state index in [2.05, 4.69) is 6.58 Å². The van der Waals surface area contributed by atoms with Gasteiger partial charge < -0.3 is 14.6 Å². The summed E-state index contributed by atoms with van der Waals surface area (Å²) in [5.41, 5.74) is 1.17. The smallest absolute Gasteiger partial charge is 0.338 e. The van der Waals surface area contributed by atoms with Crippen molar-refractivity contribution in [3.8, 4) is 0 Å². The Morgan fingerprint density at radius 3 is 2.38 bits per heavy atom. The standard InChI is InChI=1S/C17H21NO3/c1-12(13-6-4-3-5-7-13)17(19)21-16-10-14-8-9-15(11-16)18(14,2)20/h3-7,14-16H,1,8-11H2,2H3/t14-,15-,16?,18?/m0/s1. The number of piperidine rings is 1. The molecule has 21 heavy (non-hydrogen) atoms. The third kappa shape index (κ3) is 2.61. The van der Waals surface area contributed by atoms with Crippen molar-refractivity contribution in [1.29, 1.82) is 0 Å². The monoisotopic (exact) mass is 287 g/mol. The number of benzene rings is 1. The van der Waals surface area contributed by atoms with Crippen LogP contribution in [0, 0.1) is 5.21 Å². The number of hydroxylamine groups is 3. The summed E-state index contributed by atoms with van der Waals surface area (Å²) >= 11 is 0. The molecule has 2 heterocycles. The summed E-state index contributed by atoms with van der Waals surface area (Å²) in [5.74, 6) is -0.368. The highest BCUT2D eigenvalue weighted by Crippen LogP contribution is 2.41. The first-order valence-electron chi connectivity index (χ1n) is 7.50. The maximum atomic E-state index is 12.4. The molecule has 0 radical (unpaired) electrons. The van der Waals surface area contributed by atoms with E-state index in [1.54, 1.807) is 7.05 Å². The van der Waals surface area contributed by atoms with Crippen LogP contribution in [-0.2, 0) is 9.53 Å². The number of carbonyl (C=O) groups excluding carboxylic acids is 1. The van der Waals surface area contributed by atoms with Gasteiger partial charge in [-0.1, -0.05) is 36.9 Å². The number of nitrogens with zero attached hydrogens (tertiary/aromatic N) is 1. The Morgan fingerprint density at radius 2 is 1.81 bits per heavy atom. The van der Waals surface area contributed by atoms with Crippen molar-refractivity contribution in [2.45, 2.75) is 43.9 Å². The van der Waals surface area contributed by atoms with Crippen LogP contribution < -0.4 is 0 Å². The maximum absolute atomic E-state index is 12.4. The number of esters is 1. The molecule has 3 rings (SSSR count). The van der Waals surface area contributed by atoms with Crippen molar-refractivity contribution in [2.24, 2.45) is 0 Å². The van der Waals surface area contributed by atoms with Crippen LogP contribution in [0.25, 0.3) is 5.57 Å². The lowest BCUT2D eigenvalue weighted by Crippen LogP contribution is -2.54. The van der Waals surface area contributed by atoms with Crippen molar-refractivity contribution >= 4 is 11.5 Å². The van der Waals surface area contributed by atoms with E-state index < -0.39 is 0 Å². The number of ether oxygens (including phenoxy) is 1. The highest BCUT2D eigenvalue weighted by Gasteiger charge is 2.47. The van der Waals surface area contributed by atoms with E-state index in [4.69, 9.17) is 4.74 Å². The molecule has 4 heteroatoms. The second-order valence-electron chi connectivity index (χ2n) is 6.29. The zero-order chi connectivity index (χ0) is 15.0. The van der Waals surface area contributed by atoms with Gasteiger partial charge in [0.2, 0.25) is 0 Å². The fraction of sp³-hybridized carbons (Fsp3) is 0.471. The SMILES string of the molecule is C=C(C(=O)OC1C[C@@H]2CC[C@@H](C1)[N+]2(C)[O-])c1ccccc1. The summed E-state index contributed by atoms with van der Waals surface area (Å²) in [5, 5.41) is 12.4. The summed E-state index contributed by atoms with van der Waals surface area (Å²) in [4.78, 5) is 12.2. The van der Waals surface area contributed by atoms with Gasteiger partial charge in [0, 0.05) is 25.7 Å². The van der Waals surface area contributed by atoms with E-state index in [0.29, 0.717) is 18.4 Å². The zero-order valence-corrected chi connectivity index (χ0v) is 12.3. The first kappa shape index (κ1) is 14.3. The average molecular weight is 287 g/mol. The highest BCUT2D eigenvalue weighted by molar-refractivity contribution is 6.15. The molecule has 2 bridgehead atoms. The normalized spacial score (nSPS) is 34.5. The second kappa shape index (κ2) is 5.28. The van der Waals surface area contributed by atoms with E-state index in [-0.39, 0.29) is 28.8 Å². The van der Waals surface area contributed by atoms with Crippen LogP contribution >= 0.6 is 0 Å². The van der Waals surface area contributed by atoms with Gasteiger partial charge in [-0.05, 0) is 5.56 Å². The first-order chi connectivity index (χ1) is 9.98. The molecular weight excluding hydrogens is 266 g/mol. The lowest BCUT2D eigenvalue weighted by molar-refractivity contribution is -0.903. The molecule has 1 aromatic carbocycles. The first-order valence-corrected chi connectivity index (χ1v) is 7.50. The molecule has 2 atom stereocenters. The van der Waals surface area contributed by atoms with Crippen LogP contribution in [0.2, 0.25) is 0 Å². The minimum atomic E-state index is -0.368. The Balaban J connectivity index is 1.63. The summed E-state index contributed by atoms with van der Waals surface area (Å²) in [7, 11) is 1.75. The topological polar surface area (TPSA) is 49.4 Å². The summed E-state index contributed by atoms with van der Waals surface area (Å²) in [6, 6.07) is 9.48. The molecule has 0 saturated carbocycles. The van der Waals surface area contributed by atoms with E-state index in [0.717, 1.165) is 18.4 Å². The highest BCUT2D eigenvalue weighted by atomic mass is 16.6. The Labute approximate surface area is 125 Å². The number of quaternary nitrogens is 1. The lowest BCUT2D eigenvalue weighted by Gasteiger charge is -2.50.